The summed E-state index contributed by atoms with van der Waals surface area (Å²) in [5, 5.41) is 0. The van der Waals surface area contributed by atoms with Crippen molar-refractivity contribution in [3.63, 3.8) is 0 Å². The summed E-state index contributed by atoms with van der Waals surface area (Å²) in [6, 6.07) is 0.253. The Hall–Kier alpha value is -0.520. The maximum absolute atomic E-state index is 5.90. The summed E-state index contributed by atoms with van der Waals surface area (Å²) in [4.78, 5) is 2.08. The van der Waals surface area contributed by atoms with E-state index in [9.17, 15) is 0 Å². The summed E-state index contributed by atoms with van der Waals surface area (Å²) in [6.45, 7) is 5.94. The number of likely N-dealkylation sites (N-methyl/N-ethyl adjacent to an activating group) is 1. The summed E-state index contributed by atoms with van der Waals surface area (Å²) < 4.78 is 0. The second kappa shape index (κ2) is 6.05. The highest BCUT2D eigenvalue weighted by molar-refractivity contribution is 4.87. The average Bonchev–Trinajstić information content (AvgIpc) is 1.84. The van der Waals surface area contributed by atoms with Crippen molar-refractivity contribution in [2.45, 2.75) is 26.3 Å². The molecule has 2 nitrogen and oxygen atoms in total. The van der Waals surface area contributed by atoms with Gasteiger partial charge in [-0.1, -0.05) is 19.8 Å². The molecule has 0 aromatic rings. The van der Waals surface area contributed by atoms with Crippen LogP contribution in [0.25, 0.3) is 0 Å². The summed E-state index contributed by atoms with van der Waals surface area (Å²) in [6.07, 6.45) is 6.24. The standard InChI is InChI=1S/C10H20N2/c1-5-6-12(4)8-10(11)7-9(2)3/h1,9-10H,6-8,11H2,2-4H3. The Labute approximate surface area is 76.1 Å². The molecule has 0 saturated carbocycles. The highest BCUT2D eigenvalue weighted by atomic mass is 15.1. The zero-order valence-corrected chi connectivity index (χ0v) is 8.38. The minimum Gasteiger partial charge on any atom is -0.327 e. The van der Waals surface area contributed by atoms with Gasteiger partial charge in [0, 0.05) is 12.6 Å². The third-order valence-electron chi connectivity index (χ3n) is 1.68. The third kappa shape index (κ3) is 6.21. The van der Waals surface area contributed by atoms with Crippen LogP contribution < -0.4 is 5.73 Å². The lowest BCUT2D eigenvalue weighted by molar-refractivity contribution is 0.322. The van der Waals surface area contributed by atoms with Crippen molar-refractivity contribution in [2.75, 3.05) is 20.1 Å². The Kier molecular flexibility index (Phi) is 5.79. The molecule has 0 bridgehead atoms. The smallest absolute Gasteiger partial charge is 0.0596 e. The van der Waals surface area contributed by atoms with E-state index in [0.29, 0.717) is 12.5 Å². The average molecular weight is 168 g/mol. The molecule has 1 unspecified atom stereocenters. The topological polar surface area (TPSA) is 29.3 Å². The molecule has 0 rings (SSSR count). The fraction of sp³-hybridized carbons (Fsp3) is 0.800. The van der Waals surface area contributed by atoms with Crippen LogP contribution in [0.15, 0.2) is 0 Å². The van der Waals surface area contributed by atoms with Gasteiger partial charge in [-0.15, -0.1) is 6.42 Å². The molecular formula is C10H20N2. The zero-order valence-electron chi connectivity index (χ0n) is 8.38. The monoisotopic (exact) mass is 168 g/mol. The van der Waals surface area contributed by atoms with Crippen LogP contribution in [0.4, 0.5) is 0 Å². The van der Waals surface area contributed by atoms with Crippen LogP contribution in [0, 0.1) is 18.3 Å². The Morgan fingerprint density at radius 2 is 2.08 bits per heavy atom. The van der Waals surface area contributed by atoms with Gasteiger partial charge in [-0.3, -0.25) is 4.90 Å². The van der Waals surface area contributed by atoms with Crippen molar-refractivity contribution in [1.82, 2.24) is 4.90 Å². The van der Waals surface area contributed by atoms with Crippen molar-refractivity contribution in [1.29, 1.82) is 0 Å². The number of rotatable bonds is 5. The molecule has 0 amide bonds. The molecule has 0 aromatic heterocycles. The van der Waals surface area contributed by atoms with Crippen molar-refractivity contribution >= 4 is 0 Å². The first-order valence-electron chi connectivity index (χ1n) is 4.43. The third-order valence-corrected chi connectivity index (χ3v) is 1.68. The van der Waals surface area contributed by atoms with E-state index < -0.39 is 0 Å². The maximum atomic E-state index is 5.90. The molecular weight excluding hydrogens is 148 g/mol. The molecule has 2 N–H and O–H groups in total. The Morgan fingerprint density at radius 1 is 1.50 bits per heavy atom. The molecule has 0 saturated heterocycles. The second-order valence-electron chi connectivity index (χ2n) is 3.79. The van der Waals surface area contributed by atoms with Crippen molar-refractivity contribution in [2.24, 2.45) is 11.7 Å². The highest BCUT2D eigenvalue weighted by Gasteiger charge is 2.07. The van der Waals surface area contributed by atoms with Crippen LogP contribution in [0.3, 0.4) is 0 Å². The van der Waals surface area contributed by atoms with Gasteiger partial charge in [0.05, 0.1) is 6.54 Å². The quantitative estimate of drug-likeness (QED) is 0.619. The van der Waals surface area contributed by atoms with Gasteiger partial charge >= 0.3 is 0 Å². The molecule has 0 radical (unpaired) electrons. The molecule has 0 aliphatic rings. The molecule has 70 valence electrons. The molecule has 0 aromatic carbocycles. The molecule has 12 heavy (non-hydrogen) atoms. The molecule has 0 aliphatic heterocycles. The SMILES string of the molecule is C#CCN(C)CC(N)CC(C)C. The van der Waals surface area contributed by atoms with Crippen LogP contribution in [0.5, 0.6) is 0 Å². The Balaban J connectivity index is 3.55. The van der Waals surface area contributed by atoms with E-state index in [1.807, 2.05) is 7.05 Å². The van der Waals surface area contributed by atoms with Gasteiger partial charge in [0.15, 0.2) is 0 Å². The number of nitrogens with two attached hydrogens (primary N) is 1. The summed E-state index contributed by atoms with van der Waals surface area (Å²) in [7, 11) is 2.00. The molecule has 1 atom stereocenters. The summed E-state index contributed by atoms with van der Waals surface area (Å²) in [5.41, 5.74) is 5.90. The first-order valence-corrected chi connectivity index (χ1v) is 4.43. The molecule has 0 spiro atoms. The van der Waals surface area contributed by atoms with Gasteiger partial charge in [0.25, 0.3) is 0 Å². The minimum atomic E-state index is 0.253. The fourth-order valence-corrected chi connectivity index (χ4v) is 1.30. The highest BCUT2D eigenvalue weighted by Crippen LogP contribution is 2.03. The van der Waals surface area contributed by atoms with Gasteiger partial charge in [-0.25, -0.2) is 0 Å². The maximum Gasteiger partial charge on any atom is 0.0596 e. The van der Waals surface area contributed by atoms with Crippen molar-refractivity contribution < 1.29 is 0 Å². The molecule has 0 aliphatic carbocycles. The van der Waals surface area contributed by atoms with E-state index in [-0.39, 0.29) is 6.04 Å². The largest absolute Gasteiger partial charge is 0.327 e. The number of hydrogen-bond acceptors (Lipinski definition) is 2. The lowest BCUT2D eigenvalue weighted by Gasteiger charge is -2.20. The van der Waals surface area contributed by atoms with E-state index in [2.05, 4.69) is 24.7 Å². The normalized spacial score (nSPS) is 13.4. The number of terminal acetylenes is 1. The van der Waals surface area contributed by atoms with Crippen LogP contribution in [-0.4, -0.2) is 31.1 Å². The first kappa shape index (κ1) is 11.5. The van der Waals surface area contributed by atoms with E-state index in [0.717, 1.165) is 13.0 Å². The lowest BCUT2D eigenvalue weighted by Crippen LogP contribution is -2.36. The number of hydrogen-bond donors (Lipinski definition) is 1. The number of nitrogens with zero attached hydrogens (tertiary/aromatic N) is 1. The Morgan fingerprint density at radius 3 is 2.50 bits per heavy atom. The van der Waals surface area contributed by atoms with Gasteiger partial charge in [0.2, 0.25) is 0 Å². The van der Waals surface area contributed by atoms with Crippen LogP contribution in [-0.2, 0) is 0 Å². The van der Waals surface area contributed by atoms with Crippen LogP contribution in [0.1, 0.15) is 20.3 Å². The van der Waals surface area contributed by atoms with Crippen LogP contribution >= 0.6 is 0 Å². The predicted molar refractivity (Wildman–Crippen MR) is 53.8 cm³/mol. The van der Waals surface area contributed by atoms with E-state index >= 15 is 0 Å². The molecule has 0 heterocycles. The second-order valence-corrected chi connectivity index (χ2v) is 3.79. The summed E-state index contributed by atoms with van der Waals surface area (Å²) in [5.74, 6) is 3.26. The van der Waals surface area contributed by atoms with Crippen molar-refractivity contribution in [3.8, 4) is 12.3 Å². The Bertz CT molecular complexity index is 146. The van der Waals surface area contributed by atoms with Gasteiger partial charge in [-0.05, 0) is 19.4 Å². The summed E-state index contributed by atoms with van der Waals surface area (Å²) >= 11 is 0. The van der Waals surface area contributed by atoms with E-state index in [4.69, 9.17) is 12.2 Å². The van der Waals surface area contributed by atoms with Crippen LogP contribution in [0.2, 0.25) is 0 Å². The predicted octanol–water partition coefficient (Wildman–Crippen LogP) is 0.925. The molecule has 2 heteroatoms. The minimum absolute atomic E-state index is 0.253. The zero-order chi connectivity index (χ0) is 9.56. The first-order chi connectivity index (χ1) is 5.56. The molecule has 0 fully saturated rings. The van der Waals surface area contributed by atoms with E-state index in [1.54, 1.807) is 0 Å². The van der Waals surface area contributed by atoms with Crippen molar-refractivity contribution in [3.05, 3.63) is 0 Å². The van der Waals surface area contributed by atoms with E-state index in [1.165, 1.54) is 0 Å². The van der Waals surface area contributed by atoms with Gasteiger partial charge in [0.1, 0.15) is 0 Å². The lowest BCUT2D eigenvalue weighted by atomic mass is 10.0. The van der Waals surface area contributed by atoms with Gasteiger partial charge in [-0.2, -0.15) is 0 Å². The fourth-order valence-electron chi connectivity index (χ4n) is 1.30. The van der Waals surface area contributed by atoms with Gasteiger partial charge < -0.3 is 5.73 Å².